The van der Waals surface area contributed by atoms with Crippen LogP contribution in [0.4, 0.5) is 5.13 Å². The van der Waals surface area contributed by atoms with Gasteiger partial charge < -0.3 is 19.8 Å². The summed E-state index contributed by atoms with van der Waals surface area (Å²) in [7, 11) is 5.26. The molecule has 0 radical (unpaired) electrons. The lowest BCUT2D eigenvalue weighted by molar-refractivity contribution is 0.355. The molecule has 104 valence electrons. The van der Waals surface area contributed by atoms with E-state index >= 15 is 0 Å². The Balaban J connectivity index is 2.29. The second-order valence-corrected chi connectivity index (χ2v) is 5.34. The summed E-state index contributed by atoms with van der Waals surface area (Å²) < 4.78 is 12.8. The Kier molecular flexibility index (Phi) is 3.02. The van der Waals surface area contributed by atoms with Crippen molar-refractivity contribution in [2.24, 2.45) is 7.05 Å². The zero-order valence-corrected chi connectivity index (χ0v) is 12.3. The van der Waals surface area contributed by atoms with Crippen LogP contribution in [0.1, 0.15) is 0 Å². The van der Waals surface area contributed by atoms with Crippen molar-refractivity contribution in [2.75, 3.05) is 20.0 Å². The molecule has 6 heteroatoms. The van der Waals surface area contributed by atoms with Crippen molar-refractivity contribution in [2.45, 2.75) is 0 Å². The molecular formula is C14H15N3O2S. The van der Waals surface area contributed by atoms with E-state index < -0.39 is 0 Å². The average Bonchev–Trinajstić information content (AvgIpc) is 3.01. The first-order valence-corrected chi connectivity index (χ1v) is 6.94. The average molecular weight is 289 g/mol. The Morgan fingerprint density at radius 1 is 1.20 bits per heavy atom. The number of aryl methyl sites for hydroxylation is 1. The summed E-state index contributed by atoms with van der Waals surface area (Å²) in [6, 6.07) is 3.94. The molecule has 2 aromatic heterocycles. The van der Waals surface area contributed by atoms with Gasteiger partial charge in [0.2, 0.25) is 0 Å². The van der Waals surface area contributed by atoms with E-state index in [1.165, 1.54) is 11.3 Å². The van der Waals surface area contributed by atoms with Crippen molar-refractivity contribution in [1.29, 1.82) is 0 Å². The molecule has 0 fully saturated rings. The van der Waals surface area contributed by atoms with E-state index in [2.05, 4.69) is 4.98 Å². The minimum absolute atomic E-state index is 0.567. The lowest BCUT2D eigenvalue weighted by atomic mass is 10.1. The van der Waals surface area contributed by atoms with Crippen molar-refractivity contribution in [3.63, 3.8) is 0 Å². The van der Waals surface area contributed by atoms with Gasteiger partial charge in [-0.05, 0) is 6.07 Å². The van der Waals surface area contributed by atoms with E-state index in [4.69, 9.17) is 15.2 Å². The van der Waals surface area contributed by atoms with Gasteiger partial charge in [0.15, 0.2) is 16.6 Å². The highest BCUT2D eigenvalue weighted by Gasteiger charge is 2.15. The molecule has 2 N–H and O–H groups in total. The van der Waals surface area contributed by atoms with Crippen LogP contribution in [0.5, 0.6) is 11.5 Å². The number of rotatable bonds is 3. The van der Waals surface area contributed by atoms with Crippen LogP contribution in [0.15, 0.2) is 23.7 Å². The molecule has 0 aliphatic carbocycles. The second-order valence-electron chi connectivity index (χ2n) is 4.45. The fourth-order valence-electron chi connectivity index (χ4n) is 2.32. The summed E-state index contributed by atoms with van der Waals surface area (Å²) in [5.74, 6) is 1.42. The van der Waals surface area contributed by atoms with Crippen molar-refractivity contribution in [3.8, 4) is 22.8 Å². The monoisotopic (exact) mass is 289 g/mol. The van der Waals surface area contributed by atoms with Crippen molar-refractivity contribution in [1.82, 2.24) is 9.55 Å². The number of hydrogen-bond donors (Lipinski definition) is 1. The fraction of sp³-hybridized carbons (Fsp3) is 0.214. The third-order valence-corrected chi connectivity index (χ3v) is 3.97. The van der Waals surface area contributed by atoms with E-state index in [0.29, 0.717) is 16.6 Å². The van der Waals surface area contributed by atoms with Crippen LogP contribution in [0.2, 0.25) is 0 Å². The third-order valence-electron chi connectivity index (χ3n) is 3.29. The summed E-state index contributed by atoms with van der Waals surface area (Å²) in [5.41, 5.74) is 8.70. The minimum atomic E-state index is 0.567. The number of methoxy groups -OCH3 is 2. The number of hydrogen-bond acceptors (Lipinski definition) is 5. The Morgan fingerprint density at radius 2 is 1.90 bits per heavy atom. The summed E-state index contributed by atoms with van der Waals surface area (Å²) in [6.07, 6.45) is 2.04. The molecule has 3 rings (SSSR count). The highest BCUT2D eigenvalue weighted by Crippen LogP contribution is 2.38. The number of benzene rings is 1. The second kappa shape index (κ2) is 4.72. The number of nitrogens with zero attached hydrogens (tertiary/aromatic N) is 2. The van der Waals surface area contributed by atoms with Gasteiger partial charge in [-0.15, -0.1) is 11.3 Å². The van der Waals surface area contributed by atoms with Gasteiger partial charge in [-0.25, -0.2) is 4.98 Å². The maximum Gasteiger partial charge on any atom is 0.180 e. The topological polar surface area (TPSA) is 62.3 Å². The van der Waals surface area contributed by atoms with Crippen LogP contribution < -0.4 is 15.2 Å². The molecule has 0 spiro atoms. The number of fused-ring (bicyclic) bond motifs is 1. The van der Waals surface area contributed by atoms with Gasteiger partial charge >= 0.3 is 0 Å². The number of nitrogen functional groups attached to an aromatic ring is 1. The van der Waals surface area contributed by atoms with E-state index in [-0.39, 0.29) is 0 Å². The van der Waals surface area contributed by atoms with Gasteiger partial charge in [0.1, 0.15) is 0 Å². The summed E-state index contributed by atoms with van der Waals surface area (Å²) in [4.78, 5) is 4.35. The van der Waals surface area contributed by atoms with Gasteiger partial charge in [0.25, 0.3) is 0 Å². The first-order valence-electron chi connectivity index (χ1n) is 6.06. The Bertz CT molecular complexity index is 776. The molecule has 5 nitrogen and oxygen atoms in total. The first-order chi connectivity index (χ1) is 9.63. The lowest BCUT2D eigenvalue weighted by Crippen LogP contribution is -1.91. The third kappa shape index (κ3) is 1.89. The molecule has 0 amide bonds. The van der Waals surface area contributed by atoms with Crippen LogP contribution in [0.3, 0.4) is 0 Å². The zero-order chi connectivity index (χ0) is 14.3. The first kappa shape index (κ1) is 12.8. The van der Waals surface area contributed by atoms with E-state index in [9.17, 15) is 0 Å². The van der Waals surface area contributed by atoms with Gasteiger partial charge in [0.05, 0.1) is 25.4 Å². The zero-order valence-electron chi connectivity index (χ0n) is 11.5. The SMILES string of the molecule is COc1cc2c(-c3csc(N)n3)cn(C)c2cc1OC. The summed E-state index contributed by atoms with van der Waals surface area (Å²) in [6.45, 7) is 0. The Morgan fingerprint density at radius 3 is 2.50 bits per heavy atom. The van der Waals surface area contributed by atoms with Crippen LogP contribution in [0.25, 0.3) is 22.2 Å². The molecule has 0 bridgehead atoms. The predicted octanol–water partition coefficient (Wildman–Crippen LogP) is 2.90. The molecule has 1 aromatic carbocycles. The minimum Gasteiger partial charge on any atom is -0.493 e. The van der Waals surface area contributed by atoms with E-state index in [1.54, 1.807) is 14.2 Å². The molecule has 0 atom stereocenters. The molecule has 0 unspecified atom stereocenters. The number of anilines is 1. The van der Waals surface area contributed by atoms with Gasteiger partial charge in [-0.2, -0.15) is 0 Å². The van der Waals surface area contributed by atoms with Crippen LogP contribution in [0, 0.1) is 0 Å². The predicted molar refractivity (Wildman–Crippen MR) is 81.5 cm³/mol. The molecule has 0 aliphatic heterocycles. The van der Waals surface area contributed by atoms with Crippen molar-refractivity contribution in [3.05, 3.63) is 23.7 Å². The molecule has 2 heterocycles. The van der Waals surface area contributed by atoms with Gasteiger partial charge in [-0.3, -0.25) is 0 Å². The van der Waals surface area contributed by atoms with E-state index in [0.717, 1.165) is 22.2 Å². The molecule has 0 saturated carbocycles. The molecule has 20 heavy (non-hydrogen) atoms. The number of thiazole rings is 1. The van der Waals surface area contributed by atoms with Crippen molar-refractivity contribution >= 4 is 27.4 Å². The summed E-state index contributed by atoms with van der Waals surface area (Å²) in [5, 5.41) is 3.59. The van der Waals surface area contributed by atoms with E-state index in [1.807, 2.05) is 35.3 Å². The quantitative estimate of drug-likeness (QED) is 0.805. The molecule has 3 aromatic rings. The fourth-order valence-corrected chi connectivity index (χ4v) is 2.89. The lowest BCUT2D eigenvalue weighted by Gasteiger charge is -2.08. The standard InChI is InChI=1S/C14H15N3O2S/c1-17-6-9(10-7-20-14(15)16-10)8-4-12(18-2)13(19-3)5-11(8)17/h4-7H,1-3H3,(H2,15,16). The van der Waals surface area contributed by atoms with Gasteiger partial charge in [-0.1, -0.05) is 0 Å². The molecule has 0 aliphatic rings. The Hall–Kier alpha value is -2.21. The maximum absolute atomic E-state index is 5.72. The normalized spacial score (nSPS) is 10.9. The number of nitrogens with two attached hydrogens (primary N) is 1. The largest absolute Gasteiger partial charge is 0.493 e. The van der Waals surface area contributed by atoms with Crippen molar-refractivity contribution < 1.29 is 9.47 Å². The molecule has 0 saturated heterocycles. The maximum atomic E-state index is 5.72. The summed E-state index contributed by atoms with van der Waals surface area (Å²) >= 11 is 1.44. The highest BCUT2D eigenvalue weighted by molar-refractivity contribution is 7.13. The molecular weight excluding hydrogens is 274 g/mol. The van der Waals surface area contributed by atoms with Gasteiger partial charge in [0, 0.05) is 35.6 Å². The number of ether oxygens (including phenoxy) is 2. The van der Waals surface area contributed by atoms with Crippen LogP contribution in [-0.2, 0) is 7.05 Å². The smallest absolute Gasteiger partial charge is 0.180 e. The van der Waals surface area contributed by atoms with Crippen LogP contribution in [-0.4, -0.2) is 23.8 Å². The number of aromatic nitrogens is 2. The van der Waals surface area contributed by atoms with Crippen LogP contribution >= 0.6 is 11.3 Å². The Labute approximate surface area is 120 Å². The highest BCUT2D eigenvalue weighted by atomic mass is 32.1.